The molecule has 20 heavy (non-hydrogen) atoms. The van der Waals surface area contributed by atoms with Crippen LogP contribution in [0, 0.1) is 0 Å². The molecule has 0 aliphatic rings. The van der Waals surface area contributed by atoms with Crippen molar-refractivity contribution in [1.29, 1.82) is 0 Å². The lowest BCUT2D eigenvalue weighted by atomic mass is 10.2. The molecule has 0 aliphatic carbocycles. The summed E-state index contributed by atoms with van der Waals surface area (Å²) in [6.45, 7) is 2.05. The third kappa shape index (κ3) is 2.96. The smallest absolute Gasteiger partial charge is 0.203 e. The fraction of sp³-hybridized carbons (Fsp3) is 0.357. The summed E-state index contributed by atoms with van der Waals surface area (Å²) in [6, 6.07) is 3.86. The van der Waals surface area contributed by atoms with Gasteiger partial charge in [-0.3, -0.25) is 0 Å². The Morgan fingerprint density at radius 2 is 1.75 bits per heavy atom. The fourth-order valence-electron chi connectivity index (χ4n) is 1.92. The molecule has 1 unspecified atom stereocenters. The largest absolute Gasteiger partial charge is 0.493 e. The minimum absolute atomic E-state index is 0.101. The number of benzene rings is 1. The lowest BCUT2D eigenvalue weighted by Gasteiger charge is -2.17. The van der Waals surface area contributed by atoms with Gasteiger partial charge in [-0.05, 0) is 6.92 Å². The van der Waals surface area contributed by atoms with Gasteiger partial charge in [-0.15, -0.1) is 11.3 Å². The minimum atomic E-state index is 0.101. The highest BCUT2D eigenvalue weighted by molar-refractivity contribution is 7.07. The van der Waals surface area contributed by atoms with Crippen molar-refractivity contribution >= 4 is 17.0 Å². The van der Waals surface area contributed by atoms with Gasteiger partial charge in [0.1, 0.15) is 0 Å². The van der Waals surface area contributed by atoms with Crippen LogP contribution in [0.15, 0.2) is 23.0 Å². The second-order valence-corrected chi connectivity index (χ2v) is 4.91. The molecular formula is C14H18N2O3S. The molecule has 0 fully saturated rings. The number of methoxy groups -OCH3 is 3. The van der Waals surface area contributed by atoms with Gasteiger partial charge in [-0.1, -0.05) is 0 Å². The van der Waals surface area contributed by atoms with Crippen molar-refractivity contribution in [3.8, 4) is 17.2 Å². The number of aromatic nitrogens is 1. The van der Waals surface area contributed by atoms with Gasteiger partial charge >= 0.3 is 0 Å². The second-order valence-electron chi connectivity index (χ2n) is 4.19. The Morgan fingerprint density at radius 3 is 2.20 bits per heavy atom. The molecule has 0 aliphatic heterocycles. The molecule has 0 spiro atoms. The van der Waals surface area contributed by atoms with Crippen LogP contribution in [0.3, 0.4) is 0 Å². The zero-order chi connectivity index (χ0) is 14.5. The molecule has 0 saturated carbocycles. The maximum atomic E-state index is 5.33. The summed E-state index contributed by atoms with van der Waals surface area (Å²) in [7, 11) is 4.79. The van der Waals surface area contributed by atoms with Crippen LogP contribution in [-0.4, -0.2) is 26.3 Å². The van der Waals surface area contributed by atoms with Crippen LogP contribution in [0.1, 0.15) is 18.7 Å². The van der Waals surface area contributed by atoms with Gasteiger partial charge in [0.2, 0.25) is 5.75 Å². The highest BCUT2D eigenvalue weighted by Gasteiger charge is 2.15. The van der Waals surface area contributed by atoms with Crippen molar-refractivity contribution in [2.75, 3.05) is 26.6 Å². The number of hydrogen-bond acceptors (Lipinski definition) is 6. The first kappa shape index (κ1) is 14.5. The SMILES string of the molecule is COc1cc(NC(C)c2cscn2)cc(OC)c1OC. The Hall–Kier alpha value is -1.95. The number of anilines is 1. The quantitative estimate of drug-likeness (QED) is 0.885. The molecule has 0 radical (unpaired) electrons. The molecule has 1 heterocycles. The van der Waals surface area contributed by atoms with Crippen molar-refractivity contribution in [3.63, 3.8) is 0 Å². The second kappa shape index (κ2) is 6.47. The summed E-state index contributed by atoms with van der Waals surface area (Å²) in [5.74, 6) is 1.83. The zero-order valence-electron chi connectivity index (χ0n) is 12.0. The molecule has 1 aromatic carbocycles. The zero-order valence-corrected chi connectivity index (χ0v) is 12.8. The van der Waals surface area contributed by atoms with E-state index in [4.69, 9.17) is 14.2 Å². The van der Waals surface area contributed by atoms with Crippen LogP contribution in [0.4, 0.5) is 5.69 Å². The van der Waals surface area contributed by atoms with Crippen molar-refractivity contribution < 1.29 is 14.2 Å². The van der Waals surface area contributed by atoms with Gasteiger partial charge in [0.25, 0.3) is 0 Å². The summed E-state index contributed by atoms with van der Waals surface area (Å²) in [4.78, 5) is 4.30. The van der Waals surface area contributed by atoms with E-state index in [1.165, 1.54) is 0 Å². The molecule has 108 valence electrons. The fourth-order valence-corrected chi connectivity index (χ4v) is 2.57. The van der Waals surface area contributed by atoms with E-state index in [-0.39, 0.29) is 6.04 Å². The first-order valence-electron chi connectivity index (χ1n) is 6.14. The molecule has 0 amide bonds. The molecule has 0 bridgehead atoms. The predicted octanol–water partition coefficient (Wildman–Crippen LogP) is 3.34. The highest BCUT2D eigenvalue weighted by atomic mass is 32.1. The average Bonchev–Trinajstić information content (AvgIpc) is 3.00. The topological polar surface area (TPSA) is 52.6 Å². The van der Waals surface area contributed by atoms with Gasteiger partial charge in [-0.25, -0.2) is 4.98 Å². The Kier molecular flexibility index (Phi) is 4.68. The molecule has 2 aromatic rings. The number of nitrogens with one attached hydrogen (secondary N) is 1. The van der Waals surface area contributed by atoms with Crippen molar-refractivity contribution in [2.45, 2.75) is 13.0 Å². The van der Waals surface area contributed by atoms with E-state index < -0.39 is 0 Å². The van der Waals surface area contributed by atoms with Gasteiger partial charge < -0.3 is 19.5 Å². The lowest BCUT2D eigenvalue weighted by molar-refractivity contribution is 0.324. The summed E-state index contributed by atoms with van der Waals surface area (Å²) in [6.07, 6.45) is 0. The van der Waals surface area contributed by atoms with Crippen LogP contribution in [0.5, 0.6) is 17.2 Å². The maximum absolute atomic E-state index is 5.33. The predicted molar refractivity (Wildman–Crippen MR) is 80.2 cm³/mol. The first-order valence-corrected chi connectivity index (χ1v) is 7.08. The Labute approximate surface area is 122 Å². The van der Waals surface area contributed by atoms with E-state index in [0.717, 1.165) is 11.4 Å². The van der Waals surface area contributed by atoms with E-state index >= 15 is 0 Å². The third-order valence-electron chi connectivity index (χ3n) is 2.94. The Bertz CT molecular complexity index is 533. The number of thiazole rings is 1. The van der Waals surface area contributed by atoms with E-state index in [1.54, 1.807) is 32.7 Å². The Morgan fingerprint density at radius 1 is 1.10 bits per heavy atom. The lowest BCUT2D eigenvalue weighted by Crippen LogP contribution is -2.07. The average molecular weight is 294 g/mol. The van der Waals surface area contributed by atoms with E-state index in [1.807, 2.05) is 23.0 Å². The van der Waals surface area contributed by atoms with Gasteiger partial charge in [0.15, 0.2) is 11.5 Å². The molecule has 1 aromatic heterocycles. The first-order chi connectivity index (χ1) is 9.69. The minimum Gasteiger partial charge on any atom is -0.493 e. The number of hydrogen-bond donors (Lipinski definition) is 1. The molecule has 1 atom stereocenters. The molecule has 2 rings (SSSR count). The van der Waals surface area contributed by atoms with E-state index in [0.29, 0.717) is 17.2 Å². The van der Waals surface area contributed by atoms with Crippen LogP contribution < -0.4 is 19.5 Å². The summed E-state index contributed by atoms with van der Waals surface area (Å²) in [5.41, 5.74) is 3.71. The van der Waals surface area contributed by atoms with Gasteiger partial charge in [0.05, 0.1) is 38.6 Å². The van der Waals surface area contributed by atoms with Crippen LogP contribution in [0.2, 0.25) is 0 Å². The normalized spacial score (nSPS) is 11.8. The maximum Gasteiger partial charge on any atom is 0.203 e. The molecular weight excluding hydrogens is 276 g/mol. The van der Waals surface area contributed by atoms with Crippen molar-refractivity contribution in [3.05, 3.63) is 28.7 Å². The van der Waals surface area contributed by atoms with E-state index in [2.05, 4.69) is 17.2 Å². The number of rotatable bonds is 6. The van der Waals surface area contributed by atoms with Gasteiger partial charge in [-0.2, -0.15) is 0 Å². The summed E-state index contributed by atoms with van der Waals surface area (Å²) >= 11 is 1.58. The summed E-state index contributed by atoms with van der Waals surface area (Å²) < 4.78 is 16.0. The summed E-state index contributed by atoms with van der Waals surface area (Å²) in [5, 5.41) is 5.40. The molecule has 5 nitrogen and oxygen atoms in total. The highest BCUT2D eigenvalue weighted by Crippen LogP contribution is 2.40. The molecule has 6 heteroatoms. The standard InChI is InChI=1S/C14H18N2O3S/c1-9(11-7-20-8-15-11)16-10-5-12(17-2)14(19-4)13(6-10)18-3/h5-9,16H,1-4H3. The van der Waals surface area contributed by atoms with Crippen LogP contribution in [-0.2, 0) is 0 Å². The monoisotopic (exact) mass is 294 g/mol. The van der Waals surface area contributed by atoms with Crippen molar-refractivity contribution in [2.24, 2.45) is 0 Å². The van der Waals surface area contributed by atoms with Crippen LogP contribution >= 0.6 is 11.3 Å². The molecule has 1 N–H and O–H groups in total. The van der Waals surface area contributed by atoms with Gasteiger partial charge in [0, 0.05) is 23.2 Å². The number of ether oxygens (including phenoxy) is 3. The van der Waals surface area contributed by atoms with E-state index in [9.17, 15) is 0 Å². The Balaban J connectivity index is 2.28. The third-order valence-corrected chi connectivity index (χ3v) is 3.55. The molecule has 0 saturated heterocycles. The number of nitrogens with zero attached hydrogens (tertiary/aromatic N) is 1. The van der Waals surface area contributed by atoms with Crippen LogP contribution in [0.25, 0.3) is 0 Å². The van der Waals surface area contributed by atoms with Crippen molar-refractivity contribution in [1.82, 2.24) is 4.98 Å².